The van der Waals surface area contributed by atoms with Gasteiger partial charge in [-0.05, 0) is 56.5 Å². The summed E-state index contributed by atoms with van der Waals surface area (Å²) in [4.78, 5) is 14.7. The lowest BCUT2D eigenvalue weighted by molar-refractivity contribution is -0.140. The van der Waals surface area contributed by atoms with E-state index in [9.17, 15) is 9.90 Å². The van der Waals surface area contributed by atoms with E-state index < -0.39 is 6.10 Å². The first-order chi connectivity index (χ1) is 11.0. The number of aliphatic hydroxyl groups is 1. The molecule has 0 unspecified atom stereocenters. The molecule has 5 nitrogen and oxygen atoms in total. The van der Waals surface area contributed by atoms with Crippen molar-refractivity contribution in [3.63, 3.8) is 0 Å². The molecule has 2 saturated heterocycles. The average Bonchev–Trinajstić information content (AvgIpc) is 2.49. The summed E-state index contributed by atoms with van der Waals surface area (Å²) >= 11 is 6.10. The summed E-state index contributed by atoms with van der Waals surface area (Å²) in [5.41, 5.74) is 1.93. The highest BCUT2D eigenvalue weighted by Gasteiger charge is 2.37. The van der Waals surface area contributed by atoms with Crippen LogP contribution >= 0.6 is 11.6 Å². The van der Waals surface area contributed by atoms with Crippen LogP contribution in [-0.4, -0.2) is 53.7 Å². The summed E-state index contributed by atoms with van der Waals surface area (Å²) in [6.07, 6.45) is 2.00. The Labute approximate surface area is 142 Å². The second-order valence-corrected chi connectivity index (χ2v) is 6.95. The van der Waals surface area contributed by atoms with Crippen LogP contribution in [0.2, 0.25) is 5.02 Å². The lowest BCUT2D eigenvalue weighted by atomic mass is 9.96. The topological polar surface area (TPSA) is 64.6 Å². The van der Waals surface area contributed by atoms with Crippen molar-refractivity contribution in [1.29, 1.82) is 0 Å². The highest BCUT2D eigenvalue weighted by Crippen LogP contribution is 2.24. The van der Waals surface area contributed by atoms with E-state index >= 15 is 0 Å². The first kappa shape index (κ1) is 16.6. The summed E-state index contributed by atoms with van der Waals surface area (Å²) in [5.74, 6) is 0.0710. The molecule has 1 aromatic rings. The molecule has 6 heteroatoms. The van der Waals surface area contributed by atoms with Gasteiger partial charge in [0.1, 0.15) is 6.04 Å². The molecule has 0 aliphatic carbocycles. The third-order valence-electron chi connectivity index (χ3n) is 4.67. The molecule has 0 radical (unpaired) electrons. The molecule has 3 atom stereocenters. The van der Waals surface area contributed by atoms with Crippen LogP contribution in [0.4, 0.5) is 5.69 Å². The Kier molecular flexibility index (Phi) is 5.09. The number of likely N-dealkylation sites (tertiary alicyclic amines) is 1. The van der Waals surface area contributed by atoms with Gasteiger partial charge < -0.3 is 20.6 Å². The van der Waals surface area contributed by atoms with E-state index in [0.29, 0.717) is 18.0 Å². The number of carbonyl (C=O) groups excluding carboxylic acids is 1. The van der Waals surface area contributed by atoms with E-state index in [1.54, 1.807) is 0 Å². The molecule has 3 rings (SSSR count). The van der Waals surface area contributed by atoms with Crippen LogP contribution < -0.4 is 10.6 Å². The quantitative estimate of drug-likeness (QED) is 0.786. The van der Waals surface area contributed by atoms with Crippen LogP contribution in [-0.2, 0) is 4.79 Å². The van der Waals surface area contributed by atoms with E-state index in [-0.39, 0.29) is 18.0 Å². The third-order valence-corrected chi connectivity index (χ3v) is 4.89. The van der Waals surface area contributed by atoms with Crippen molar-refractivity contribution in [3.05, 3.63) is 28.8 Å². The summed E-state index contributed by atoms with van der Waals surface area (Å²) in [5, 5.41) is 17.5. The number of nitrogens with one attached hydrogen (secondary N) is 2. The SMILES string of the molecule is Cc1cc(Cl)cc(N[C@@H]2CCCN([C@H]3CNCC[C@@H]3O)C2=O)c1. The fourth-order valence-corrected chi connectivity index (χ4v) is 3.82. The van der Waals surface area contributed by atoms with Crippen molar-refractivity contribution in [1.82, 2.24) is 10.2 Å². The molecule has 23 heavy (non-hydrogen) atoms. The molecule has 0 spiro atoms. The molecule has 1 amide bonds. The van der Waals surface area contributed by atoms with Gasteiger partial charge >= 0.3 is 0 Å². The van der Waals surface area contributed by atoms with Gasteiger partial charge in [-0.2, -0.15) is 0 Å². The molecule has 2 aliphatic heterocycles. The highest BCUT2D eigenvalue weighted by molar-refractivity contribution is 6.30. The number of anilines is 1. The van der Waals surface area contributed by atoms with Gasteiger partial charge in [0.25, 0.3) is 0 Å². The number of halogens is 1. The molecule has 0 saturated carbocycles. The summed E-state index contributed by atoms with van der Waals surface area (Å²) in [7, 11) is 0. The Balaban J connectivity index is 1.71. The first-order valence-corrected chi connectivity index (χ1v) is 8.65. The molecular formula is C17H24ClN3O2. The van der Waals surface area contributed by atoms with Crippen LogP contribution in [0.5, 0.6) is 0 Å². The summed E-state index contributed by atoms with van der Waals surface area (Å²) in [6, 6.07) is 5.36. The van der Waals surface area contributed by atoms with Crippen molar-refractivity contribution in [2.45, 2.75) is 44.4 Å². The Morgan fingerprint density at radius 3 is 2.91 bits per heavy atom. The number of hydrogen-bond donors (Lipinski definition) is 3. The number of hydrogen-bond acceptors (Lipinski definition) is 4. The van der Waals surface area contributed by atoms with E-state index in [0.717, 1.165) is 37.2 Å². The molecule has 126 valence electrons. The number of nitrogens with zero attached hydrogens (tertiary/aromatic N) is 1. The number of rotatable bonds is 3. The highest BCUT2D eigenvalue weighted by atomic mass is 35.5. The van der Waals surface area contributed by atoms with Gasteiger partial charge in [0.05, 0.1) is 12.1 Å². The predicted molar refractivity (Wildman–Crippen MR) is 91.8 cm³/mol. The van der Waals surface area contributed by atoms with Crippen molar-refractivity contribution in [3.8, 4) is 0 Å². The minimum absolute atomic E-state index is 0.0710. The normalized spacial score (nSPS) is 28.7. The Morgan fingerprint density at radius 2 is 2.17 bits per heavy atom. The minimum Gasteiger partial charge on any atom is -0.391 e. The van der Waals surface area contributed by atoms with Gasteiger partial charge in [-0.3, -0.25) is 4.79 Å². The standard InChI is InChI=1S/C17H24ClN3O2/c1-11-7-12(18)9-13(8-11)20-14-3-2-6-21(17(14)23)15-10-19-5-4-16(15)22/h7-9,14-16,19-20,22H,2-6,10H2,1H3/t14-,15+,16+/m1/s1. The molecule has 1 aromatic carbocycles. The Bertz CT molecular complexity index is 561. The monoisotopic (exact) mass is 337 g/mol. The van der Waals surface area contributed by atoms with Crippen LogP contribution in [0.15, 0.2) is 18.2 Å². The van der Waals surface area contributed by atoms with E-state index in [4.69, 9.17) is 11.6 Å². The van der Waals surface area contributed by atoms with E-state index in [1.165, 1.54) is 0 Å². The second-order valence-electron chi connectivity index (χ2n) is 6.52. The maximum absolute atomic E-state index is 12.8. The lowest BCUT2D eigenvalue weighted by Gasteiger charge is -2.42. The van der Waals surface area contributed by atoms with Gasteiger partial charge in [0, 0.05) is 23.8 Å². The van der Waals surface area contributed by atoms with Gasteiger partial charge in [-0.25, -0.2) is 0 Å². The van der Waals surface area contributed by atoms with Crippen LogP contribution in [0.1, 0.15) is 24.8 Å². The third kappa shape index (κ3) is 3.79. The number of amides is 1. The Hall–Kier alpha value is -1.30. The zero-order valence-corrected chi connectivity index (χ0v) is 14.1. The zero-order chi connectivity index (χ0) is 16.4. The summed E-state index contributed by atoms with van der Waals surface area (Å²) < 4.78 is 0. The van der Waals surface area contributed by atoms with Gasteiger partial charge in [-0.1, -0.05) is 11.6 Å². The molecule has 2 heterocycles. The van der Waals surface area contributed by atoms with Crippen molar-refractivity contribution in [2.24, 2.45) is 0 Å². The predicted octanol–water partition coefficient (Wildman–Crippen LogP) is 1.77. The Morgan fingerprint density at radius 1 is 1.35 bits per heavy atom. The van der Waals surface area contributed by atoms with Gasteiger partial charge in [-0.15, -0.1) is 0 Å². The molecule has 2 fully saturated rings. The smallest absolute Gasteiger partial charge is 0.245 e. The molecular weight excluding hydrogens is 314 g/mol. The fourth-order valence-electron chi connectivity index (χ4n) is 3.53. The van der Waals surface area contributed by atoms with Gasteiger partial charge in [0.15, 0.2) is 0 Å². The largest absolute Gasteiger partial charge is 0.391 e. The van der Waals surface area contributed by atoms with Crippen molar-refractivity contribution >= 4 is 23.2 Å². The zero-order valence-electron chi connectivity index (χ0n) is 13.4. The summed E-state index contributed by atoms with van der Waals surface area (Å²) in [6.45, 7) is 4.17. The van der Waals surface area contributed by atoms with Crippen LogP contribution in [0, 0.1) is 6.92 Å². The number of aryl methyl sites for hydroxylation is 1. The maximum atomic E-state index is 12.8. The number of benzene rings is 1. The molecule has 3 N–H and O–H groups in total. The van der Waals surface area contributed by atoms with Crippen LogP contribution in [0.25, 0.3) is 0 Å². The number of carbonyl (C=O) groups is 1. The second kappa shape index (κ2) is 7.07. The first-order valence-electron chi connectivity index (χ1n) is 8.27. The van der Waals surface area contributed by atoms with E-state index in [1.807, 2.05) is 30.0 Å². The average molecular weight is 338 g/mol. The number of aliphatic hydroxyl groups excluding tert-OH is 1. The molecule has 2 aliphatic rings. The number of piperidine rings is 2. The van der Waals surface area contributed by atoms with Gasteiger partial charge in [0.2, 0.25) is 5.91 Å². The lowest BCUT2D eigenvalue weighted by Crippen LogP contribution is -2.60. The molecule has 0 bridgehead atoms. The maximum Gasteiger partial charge on any atom is 0.245 e. The molecule has 0 aromatic heterocycles. The van der Waals surface area contributed by atoms with Crippen molar-refractivity contribution < 1.29 is 9.90 Å². The van der Waals surface area contributed by atoms with E-state index in [2.05, 4.69) is 10.6 Å². The van der Waals surface area contributed by atoms with Crippen molar-refractivity contribution in [2.75, 3.05) is 25.0 Å². The van der Waals surface area contributed by atoms with Crippen LogP contribution in [0.3, 0.4) is 0 Å². The fraction of sp³-hybridized carbons (Fsp3) is 0.588. The minimum atomic E-state index is -0.438.